The van der Waals surface area contributed by atoms with Gasteiger partial charge in [-0.15, -0.1) is 0 Å². The lowest BCUT2D eigenvalue weighted by Crippen LogP contribution is -2.41. The Morgan fingerprint density at radius 1 is 1.14 bits per heavy atom. The lowest BCUT2D eigenvalue weighted by atomic mass is 10.1. The lowest BCUT2D eigenvalue weighted by molar-refractivity contribution is 0.0316. The van der Waals surface area contributed by atoms with Gasteiger partial charge in [-0.25, -0.2) is 0 Å². The number of hydrogen-bond donors (Lipinski definition) is 0. The van der Waals surface area contributed by atoms with Crippen LogP contribution in [-0.2, 0) is 4.74 Å². The highest BCUT2D eigenvalue weighted by molar-refractivity contribution is 4.90. The molecule has 1 saturated heterocycles. The molecule has 0 aromatic heterocycles. The van der Waals surface area contributed by atoms with Gasteiger partial charge in [0.15, 0.2) is 0 Å². The van der Waals surface area contributed by atoms with Crippen molar-refractivity contribution in [1.29, 1.82) is 5.26 Å². The molecular formula is C11H18N2O. The van der Waals surface area contributed by atoms with Gasteiger partial charge in [-0.2, -0.15) is 5.26 Å². The van der Waals surface area contributed by atoms with Gasteiger partial charge < -0.3 is 4.74 Å². The minimum Gasteiger partial charge on any atom is -0.381 e. The monoisotopic (exact) mass is 194 g/mol. The third-order valence-electron chi connectivity index (χ3n) is 3.16. The first-order chi connectivity index (χ1) is 6.92. The maximum Gasteiger partial charge on any atom is 0.0635 e. The van der Waals surface area contributed by atoms with Crippen molar-refractivity contribution in [1.82, 2.24) is 4.90 Å². The molecule has 0 unspecified atom stereocenters. The molecular weight excluding hydrogens is 176 g/mol. The first-order valence-electron chi connectivity index (χ1n) is 5.62. The van der Waals surface area contributed by atoms with Crippen LogP contribution < -0.4 is 0 Å². The largest absolute Gasteiger partial charge is 0.381 e. The van der Waals surface area contributed by atoms with Crippen molar-refractivity contribution in [2.24, 2.45) is 0 Å². The Bertz CT molecular complexity index is 214. The van der Waals surface area contributed by atoms with Gasteiger partial charge in [-0.1, -0.05) is 0 Å². The summed E-state index contributed by atoms with van der Waals surface area (Å²) in [5, 5.41) is 8.61. The second-order valence-electron chi connectivity index (χ2n) is 4.22. The van der Waals surface area contributed by atoms with Crippen molar-refractivity contribution in [3.63, 3.8) is 0 Å². The van der Waals surface area contributed by atoms with Gasteiger partial charge in [0.2, 0.25) is 0 Å². The van der Waals surface area contributed by atoms with Crippen LogP contribution >= 0.6 is 0 Å². The van der Waals surface area contributed by atoms with E-state index in [-0.39, 0.29) is 0 Å². The molecule has 1 aliphatic heterocycles. The summed E-state index contributed by atoms with van der Waals surface area (Å²) in [7, 11) is 0. The molecule has 0 aromatic carbocycles. The molecule has 2 rings (SSSR count). The van der Waals surface area contributed by atoms with E-state index in [1.165, 1.54) is 12.8 Å². The molecule has 0 spiro atoms. The summed E-state index contributed by atoms with van der Waals surface area (Å²) >= 11 is 0. The molecule has 0 amide bonds. The molecule has 0 N–H and O–H groups in total. The molecule has 0 atom stereocenters. The molecule has 3 heteroatoms. The van der Waals surface area contributed by atoms with Crippen LogP contribution in [0.5, 0.6) is 0 Å². The zero-order valence-corrected chi connectivity index (χ0v) is 8.61. The van der Waals surface area contributed by atoms with Gasteiger partial charge in [0.1, 0.15) is 0 Å². The molecule has 0 bridgehead atoms. The van der Waals surface area contributed by atoms with Gasteiger partial charge in [0, 0.05) is 38.3 Å². The second kappa shape index (κ2) is 4.77. The average Bonchev–Trinajstić information content (AvgIpc) is 3.04. The third kappa shape index (κ3) is 2.46. The smallest absolute Gasteiger partial charge is 0.0635 e. The van der Waals surface area contributed by atoms with E-state index in [1.54, 1.807) is 0 Å². The van der Waals surface area contributed by atoms with Crippen LogP contribution in [0, 0.1) is 11.3 Å². The highest BCUT2D eigenvalue weighted by Gasteiger charge is 2.33. The van der Waals surface area contributed by atoms with Gasteiger partial charge in [-0.3, -0.25) is 4.90 Å². The molecule has 1 aliphatic carbocycles. The van der Waals surface area contributed by atoms with Crippen LogP contribution in [0.4, 0.5) is 0 Å². The first kappa shape index (κ1) is 9.95. The van der Waals surface area contributed by atoms with Crippen LogP contribution in [0.15, 0.2) is 0 Å². The molecule has 14 heavy (non-hydrogen) atoms. The zero-order valence-electron chi connectivity index (χ0n) is 8.61. The minimum atomic E-state index is 0.674. The van der Waals surface area contributed by atoms with Crippen LogP contribution in [0.1, 0.15) is 32.1 Å². The first-order valence-corrected chi connectivity index (χ1v) is 5.62. The summed E-state index contributed by atoms with van der Waals surface area (Å²) in [6.07, 6.45) is 5.66. The summed E-state index contributed by atoms with van der Waals surface area (Å²) in [6.45, 7) is 2.77. The minimum absolute atomic E-state index is 0.674. The molecule has 2 aliphatic rings. The summed E-state index contributed by atoms with van der Waals surface area (Å²) in [4.78, 5) is 2.55. The van der Waals surface area contributed by atoms with Gasteiger partial charge in [0.05, 0.1) is 6.07 Å². The zero-order chi connectivity index (χ0) is 9.80. The summed E-state index contributed by atoms with van der Waals surface area (Å²) in [6, 6.07) is 3.72. The summed E-state index contributed by atoms with van der Waals surface area (Å²) < 4.78 is 5.36. The van der Waals surface area contributed by atoms with Crippen LogP contribution in [-0.4, -0.2) is 36.7 Å². The number of rotatable bonds is 4. The fourth-order valence-corrected chi connectivity index (χ4v) is 2.27. The predicted octanol–water partition coefficient (Wildman–Crippen LogP) is 1.54. The molecule has 3 nitrogen and oxygen atoms in total. The SMILES string of the molecule is N#CCCN(C1CCOCC1)C1CC1. The van der Waals surface area contributed by atoms with Crippen molar-refractivity contribution in [3.8, 4) is 6.07 Å². The Kier molecular flexibility index (Phi) is 3.39. The fraction of sp³-hybridized carbons (Fsp3) is 0.909. The van der Waals surface area contributed by atoms with E-state index in [0.717, 1.165) is 38.6 Å². The van der Waals surface area contributed by atoms with Crippen molar-refractivity contribution in [2.45, 2.75) is 44.2 Å². The molecule has 1 saturated carbocycles. The second-order valence-corrected chi connectivity index (χ2v) is 4.22. The average molecular weight is 194 g/mol. The summed E-state index contributed by atoms with van der Waals surface area (Å²) in [5.41, 5.74) is 0. The Labute approximate surface area is 85.6 Å². The normalized spacial score (nSPS) is 23.7. The molecule has 0 aromatic rings. The van der Waals surface area contributed by atoms with Crippen molar-refractivity contribution < 1.29 is 4.74 Å². The van der Waals surface area contributed by atoms with E-state index < -0.39 is 0 Å². The molecule has 78 valence electrons. The number of ether oxygens (including phenoxy) is 1. The lowest BCUT2D eigenvalue weighted by Gasteiger charge is -2.33. The van der Waals surface area contributed by atoms with E-state index in [2.05, 4.69) is 11.0 Å². The third-order valence-corrected chi connectivity index (χ3v) is 3.16. The molecule has 0 radical (unpaired) electrons. The van der Waals surface area contributed by atoms with Gasteiger partial charge >= 0.3 is 0 Å². The fourth-order valence-electron chi connectivity index (χ4n) is 2.27. The number of nitriles is 1. The predicted molar refractivity (Wildman–Crippen MR) is 53.8 cm³/mol. The van der Waals surface area contributed by atoms with Crippen LogP contribution in [0.3, 0.4) is 0 Å². The van der Waals surface area contributed by atoms with E-state index >= 15 is 0 Å². The van der Waals surface area contributed by atoms with Crippen LogP contribution in [0.2, 0.25) is 0 Å². The Morgan fingerprint density at radius 2 is 1.79 bits per heavy atom. The Balaban J connectivity index is 1.84. The molecule has 2 fully saturated rings. The van der Waals surface area contributed by atoms with Crippen molar-refractivity contribution in [2.75, 3.05) is 19.8 Å². The highest BCUT2D eigenvalue weighted by atomic mass is 16.5. The standard InChI is InChI=1S/C11H18N2O/c12-6-1-7-13(10-2-3-10)11-4-8-14-9-5-11/h10-11H,1-5,7-9H2. The van der Waals surface area contributed by atoms with E-state index in [0.29, 0.717) is 12.5 Å². The van der Waals surface area contributed by atoms with Crippen molar-refractivity contribution >= 4 is 0 Å². The maximum atomic E-state index is 8.61. The van der Waals surface area contributed by atoms with Gasteiger partial charge in [0.25, 0.3) is 0 Å². The van der Waals surface area contributed by atoms with Crippen molar-refractivity contribution in [3.05, 3.63) is 0 Å². The van der Waals surface area contributed by atoms with Crippen LogP contribution in [0.25, 0.3) is 0 Å². The van der Waals surface area contributed by atoms with E-state index in [4.69, 9.17) is 10.00 Å². The number of hydrogen-bond acceptors (Lipinski definition) is 3. The Hall–Kier alpha value is -0.590. The van der Waals surface area contributed by atoms with E-state index in [1.807, 2.05) is 0 Å². The maximum absolute atomic E-state index is 8.61. The number of nitrogens with zero attached hydrogens (tertiary/aromatic N) is 2. The van der Waals surface area contributed by atoms with Gasteiger partial charge in [-0.05, 0) is 25.7 Å². The Morgan fingerprint density at radius 3 is 2.36 bits per heavy atom. The highest BCUT2D eigenvalue weighted by Crippen LogP contribution is 2.31. The topological polar surface area (TPSA) is 36.3 Å². The molecule has 1 heterocycles. The quantitative estimate of drug-likeness (QED) is 0.681. The van der Waals surface area contributed by atoms with E-state index in [9.17, 15) is 0 Å². The summed E-state index contributed by atoms with van der Waals surface area (Å²) in [5.74, 6) is 0.